The standard InChI is InChI=1S/C23H30N2O12/c1-11-5-17(28)25(21(11)32)14-6-13(9-35-23(33)24-10-34-8-12(2)27)3-4-15(14)36-22-20(31)19(30)18(29)16(7-26)37-22/h3-4,6,11,16,18-20,22,26,29-31H,5,7-10H2,1-2H3,(H,24,33)/t11?,16-,18+,19+,20-,22-/m1/s1. The SMILES string of the molecule is CC(=O)COCNC(=O)OCc1ccc(O[C@@H]2O[C@H](CO)[C@H](O)[C@H](O)[C@H]2O)c(N2C(=O)CC(C)C2=O)c1. The van der Waals surface area contributed by atoms with Crippen molar-refractivity contribution in [2.24, 2.45) is 5.92 Å². The fourth-order valence-electron chi connectivity index (χ4n) is 3.76. The summed E-state index contributed by atoms with van der Waals surface area (Å²) in [4.78, 5) is 49.0. The fraction of sp³-hybridized carbons (Fsp3) is 0.565. The Hall–Kier alpha value is -3.14. The zero-order valence-electron chi connectivity index (χ0n) is 20.2. The molecule has 0 aliphatic carbocycles. The van der Waals surface area contributed by atoms with Crippen LogP contribution in [0.25, 0.3) is 0 Å². The molecule has 3 amide bonds. The molecule has 2 aliphatic rings. The van der Waals surface area contributed by atoms with E-state index in [4.69, 9.17) is 18.9 Å². The highest BCUT2D eigenvalue weighted by Gasteiger charge is 2.45. The molecular weight excluding hydrogens is 496 g/mol. The highest BCUT2D eigenvalue weighted by atomic mass is 16.7. The molecule has 5 N–H and O–H groups in total. The summed E-state index contributed by atoms with van der Waals surface area (Å²) in [5.41, 5.74) is 0.360. The molecule has 2 fully saturated rings. The first-order chi connectivity index (χ1) is 17.5. The van der Waals surface area contributed by atoms with Crippen LogP contribution in [0.5, 0.6) is 5.75 Å². The molecule has 204 valence electrons. The molecule has 1 aromatic rings. The predicted molar refractivity (Wildman–Crippen MR) is 122 cm³/mol. The molecule has 14 nitrogen and oxygen atoms in total. The van der Waals surface area contributed by atoms with E-state index in [1.54, 1.807) is 6.92 Å². The van der Waals surface area contributed by atoms with Crippen LogP contribution in [-0.4, -0.2) is 94.8 Å². The van der Waals surface area contributed by atoms with Crippen molar-refractivity contribution in [2.75, 3.05) is 24.8 Å². The van der Waals surface area contributed by atoms with Crippen LogP contribution < -0.4 is 15.0 Å². The number of nitrogens with one attached hydrogen (secondary N) is 1. The second-order valence-corrected chi connectivity index (χ2v) is 8.74. The van der Waals surface area contributed by atoms with Crippen molar-refractivity contribution in [1.82, 2.24) is 5.32 Å². The van der Waals surface area contributed by atoms with Crippen molar-refractivity contribution in [1.29, 1.82) is 0 Å². The third-order valence-electron chi connectivity index (χ3n) is 5.72. The van der Waals surface area contributed by atoms with Gasteiger partial charge in [0.05, 0.1) is 12.3 Å². The van der Waals surface area contributed by atoms with Gasteiger partial charge < -0.3 is 39.4 Å². The molecule has 3 rings (SSSR count). The number of anilines is 1. The molecule has 0 aromatic heterocycles. The summed E-state index contributed by atoms with van der Waals surface area (Å²) < 4.78 is 21.1. The minimum absolute atomic E-state index is 0.0115. The van der Waals surface area contributed by atoms with Gasteiger partial charge in [0, 0.05) is 12.3 Å². The molecule has 0 saturated carbocycles. The quantitative estimate of drug-likeness (QED) is 0.135. The van der Waals surface area contributed by atoms with Gasteiger partial charge in [-0.05, 0) is 24.6 Å². The first-order valence-corrected chi connectivity index (χ1v) is 11.5. The lowest BCUT2D eigenvalue weighted by Gasteiger charge is -2.39. The monoisotopic (exact) mass is 526 g/mol. The zero-order chi connectivity index (χ0) is 27.3. The highest BCUT2D eigenvalue weighted by molar-refractivity contribution is 6.21. The number of aliphatic hydroxyl groups excluding tert-OH is 4. The molecular formula is C23H30N2O12. The summed E-state index contributed by atoms with van der Waals surface area (Å²) in [6.45, 7) is 1.56. The molecule has 2 saturated heterocycles. The molecule has 14 heteroatoms. The van der Waals surface area contributed by atoms with Crippen molar-refractivity contribution < 1.29 is 58.6 Å². The van der Waals surface area contributed by atoms with Gasteiger partial charge in [0.1, 0.15) is 50.1 Å². The average molecular weight is 526 g/mol. The third-order valence-corrected chi connectivity index (χ3v) is 5.72. The number of carbonyl (C=O) groups excluding carboxylic acids is 4. The van der Waals surface area contributed by atoms with Gasteiger partial charge in [0.2, 0.25) is 18.1 Å². The first kappa shape index (κ1) is 28.4. The number of Topliss-reactive ketones (excluding diaryl/α,β-unsaturated/α-hetero) is 1. The van der Waals surface area contributed by atoms with Crippen molar-refractivity contribution in [3.63, 3.8) is 0 Å². The molecule has 1 aromatic carbocycles. The van der Waals surface area contributed by atoms with E-state index < -0.39 is 61.1 Å². The second-order valence-electron chi connectivity index (χ2n) is 8.74. The smallest absolute Gasteiger partial charge is 0.409 e. The van der Waals surface area contributed by atoms with E-state index in [9.17, 15) is 39.6 Å². The summed E-state index contributed by atoms with van der Waals surface area (Å²) in [6.07, 6.45) is -8.67. The largest absolute Gasteiger partial charge is 0.460 e. The molecule has 6 atom stereocenters. The minimum Gasteiger partial charge on any atom is -0.460 e. The summed E-state index contributed by atoms with van der Waals surface area (Å²) in [5.74, 6) is -1.88. The molecule has 1 unspecified atom stereocenters. The van der Waals surface area contributed by atoms with Crippen LogP contribution in [-0.2, 0) is 35.2 Å². The maximum atomic E-state index is 12.7. The Kier molecular flexibility index (Phi) is 9.53. The molecule has 0 bridgehead atoms. The number of hydrogen-bond donors (Lipinski definition) is 5. The Morgan fingerprint density at radius 2 is 1.89 bits per heavy atom. The van der Waals surface area contributed by atoms with Crippen molar-refractivity contribution in [2.45, 2.75) is 57.6 Å². The number of rotatable bonds is 10. The number of amides is 3. The van der Waals surface area contributed by atoms with Gasteiger partial charge in [-0.3, -0.25) is 19.7 Å². The number of hydrogen-bond acceptors (Lipinski definition) is 12. The van der Waals surface area contributed by atoms with E-state index in [-0.39, 0.29) is 43.6 Å². The summed E-state index contributed by atoms with van der Waals surface area (Å²) in [5, 5.41) is 42.1. The van der Waals surface area contributed by atoms with Crippen LogP contribution >= 0.6 is 0 Å². The van der Waals surface area contributed by atoms with Crippen LogP contribution in [0.2, 0.25) is 0 Å². The second kappa shape index (κ2) is 12.4. The lowest BCUT2D eigenvalue weighted by atomic mass is 9.99. The van der Waals surface area contributed by atoms with Crippen molar-refractivity contribution >= 4 is 29.4 Å². The Morgan fingerprint density at radius 1 is 1.16 bits per heavy atom. The number of alkyl carbamates (subject to hydrolysis) is 1. The Labute approximate surface area is 211 Å². The van der Waals surface area contributed by atoms with Gasteiger partial charge in [-0.25, -0.2) is 9.69 Å². The third kappa shape index (κ3) is 6.80. The van der Waals surface area contributed by atoms with Crippen LogP contribution in [0.15, 0.2) is 18.2 Å². The summed E-state index contributed by atoms with van der Waals surface area (Å²) in [7, 11) is 0. The predicted octanol–water partition coefficient (Wildman–Crippen LogP) is -1.45. The van der Waals surface area contributed by atoms with Crippen LogP contribution in [0, 0.1) is 5.92 Å². The van der Waals surface area contributed by atoms with Crippen LogP contribution in [0.4, 0.5) is 10.5 Å². The topological polar surface area (TPSA) is 201 Å². The summed E-state index contributed by atoms with van der Waals surface area (Å²) >= 11 is 0. The van der Waals surface area contributed by atoms with Gasteiger partial charge in [-0.15, -0.1) is 0 Å². The number of ketones is 1. The molecule has 0 spiro atoms. The zero-order valence-corrected chi connectivity index (χ0v) is 20.2. The number of carbonyl (C=O) groups is 4. The van der Waals surface area contributed by atoms with E-state index in [0.717, 1.165) is 4.90 Å². The van der Waals surface area contributed by atoms with Gasteiger partial charge >= 0.3 is 6.09 Å². The van der Waals surface area contributed by atoms with Crippen LogP contribution in [0.3, 0.4) is 0 Å². The number of benzene rings is 1. The Bertz CT molecular complexity index is 1020. The lowest BCUT2D eigenvalue weighted by molar-refractivity contribution is -0.277. The average Bonchev–Trinajstić information content (AvgIpc) is 3.11. The molecule has 37 heavy (non-hydrogen) atoms. The highest BCUT2D eigenvalue weighted by Crippen LogP contribution is 2.37. The van der Waals surface area contributed by atoms with Gasteiger partial charge in [0.15, 0.2) is 5.78 Å². The lowest BCUT2D eigenvalue weighted by Crippen LogP contribution is -2.60. The maximum Gasteiger partial charge on any atom is 0.409 e. The molecule has 2 heterocycles. The van der Waals surface area contributed by atoms with Crippen molar-refractivity contribution in [3.05, 3.63) is 23.8 Å². The summed E-state index contributed by atoms with van der Waals surface area (Å²) in [6, 6.07) is 4.20. The van der Waals surface area contributed by atoms with E-state index >= 15 is 0 Å². The Morgan fingerprint density at radius 3 is 2.51 bits per heavy atom. The normalized spacial score (nSPS) is 27.8. The van der Waals surface area contributed by atoms with E-state index in [2.05, 4.69) is 5.32 Å². The minimum atomic E-state index is -1.72. The molecule has 0 radical (unpaired) electrons. The molecule has 2 aliphatic heterocycles. The Balaban J connectivity index is 1.79. The van der Waals surface area contributed by atoms with E-state index in [0.29, 0.717) is 5.56 Å². The number of imide groups is 1. The number of ether oxygens (including phenoxy) is 4. The van der Waals surface area contributed by atoms with E-state index in [1.807, 2.05) is 0 Å². The maximum absolute atomic E-state index is 12.7. The number of nitrogens with zero attached hydrogens (tertiary/aromatic N) is 1. The fourth-order valence-corrected chi connectivity index (χ4v) is 3.76. The van der Waals surface area contributed by atoms with Crippen molar-refractivity contribution in [3.8, 4) is 5.75 Å². The van der Waals surface area contributed by atoms with E-state index in [1.165, 1.54) is 25.1 Å². The van der Waals surface area contributed by atoms with Crippen LogP contribution in [0.1, 0.15) is 25.8 Å². The van der Waals surface area contributed by atoms with Gasteiger partial charge in [-0.2, -0.15) is 0 Å². The van der Waals surface area contributed by atoms with Gasteiger partial charge in [-0.1, -0.05) is 13.0 Å². The number of aliphatic hydroxyl groups is 4. The van der Waals surface area contributed by atoms with Gasteiger partial charge in [0.25, 0.3) is 0 Å². The first-order valence-electron chi connectivity index (χ1n) is 11.5.